The average molecular weight is 328 g/mol. The van der Waals surface area contributed by atoms with Crippen molar-refractivity contribution in [2.24, 2.45) is 0 Å². The summed E-state index contributed by atoms with van der Waals surface area (Å²) < 4.78 is 1.01. The fraction of sp³-hybridized carbons (Fsp3) is 0.182. The van der Waals surface area contributed by atoms with Gasteiger partial charge in [-0.15, -0.1) is 21.5 Å². The average Bonchev–Trinajstić information content (AvgIpc) is 2.75. The van der Waals surface area contributed by atoms with Gasteiger partial charge in [0, 0.05) is 16.9 Å². The van der Waals surface area contributed by atoms with E-state index in [1.165, 1.54) is 4.90 Å². The van der Waals surface area contributed by atoms with Crippen LogP contribution in [0.2, 0.25) is 0 Å². The van der Waals surface area contributed by atoms with Crippen LogP contribution in [0.5, 0.6) is 0 Å². The minimum Gasteiger partial charge on any atom is -0.480 e. The van der Waals surface area contributed by atoms with Crippen LogP contribution in [0.25, 0.3) is 10.6 Å². The summed E-state index contributed by atoms with van der Waals surface area (Å²) in [5.74, 6) is -0.359. The molecule has 5 nitrogen and oxygen atoms in total. The molecular weight excluding hydrogens is 318 g/mol. The first-order valence-corrected chi connectivity index (χ1v) is 6.74. The van der Waals surface area contributed by atoms with Crippen LogP contribution in [0.15, 0.2) is 28.1 Å². The van der Waals surface area contributed by atoms with Gasteiger partial charge in [0.15, 0.2) is 5.82 Å². The second kappa shape index (κ2) is 5.45. The van der Waals surface area contributed by atoms with Gasteiger partial charge >= 0.3 is 5.97 Å². The number of thiophene rings is 1. The SMILES string of the molecule is CN(CC(=O)O)c1ccc(-c2cc(Br)cs2)nn1. The van der Waals surface area contributed by atoms with E-state index in [9.17, 15) is 4.79 Å². The van der Waals surface area contributed by atoms with E-state index >= 15 is 0 Å². The molecule has 7 heteroatoms. The highest BCUT2D eigenvalue weighted by Gasteiger charge is 2.09. The maximum Gasteiger partial charge on any atom is 0.323 e. The Balaban J connectivity index is 2.17. The van der Waals surface area contributed by atoms with Crippen LogP contribution in [-0.4, -0.2) is 34.9 Å². The first-order valence-electron chi connectivity index (χ1n) is 5.07. The van der Waals surface area contributed by atoms with E-state index < -0.39 is 5.97 Å². The number of hydrogen-bond donors (Lipinski definition) is 1. The lowest BCUT2D eigenvalue weighted by atomic mass is 10.3. The molecule has 1 N–H and O–H groups in total. The second-order valence-corrected chi connectivity index (χ2v) is 5.48. The monoisotopic (exact) mass is 327 g/mol. The fourth-order valence-corrected chi connectivity index (χ4v) is 2.78. The van der Waals surface area contributed by atoms with E-state index in [-0.39, 0.29) is 6.54 Å². The highest BCUT2D eigenvalue weighted by Crippen LogP contribution is 2.28. The third kappa shape index (κ3) is 3.05. The zero-order chi connectivity index (χ0) is 13.1. The van der Waals surface area contributed by atoms with Crippen molar-refractivity contribution in [2.75, 3.05) is 18.5 Å². The molecule has 94 valence electrons. The van der Waals surface area contributed by atoms with E-state index in [0.29, 0.717) is 5.82 Å². The normalized spacial score (nSPS) is 10.3. The van der Waals surface area contributed by atoms with Gasteiger partial charge in [-0.2, -0.15) is 0 Å². The van der Waals surface area contributed by atoms with Crippen molar-refractivity contribution in [1.29, 1.82) is 0 Å². The minimum absolute atomic E-state index is 0.0986. The number of carbonyl (C=O) groups is 1. The van der Waals surface area contributed by atoms with E-state index in [4.69, 9.17) is 5.11 Å². The maximum absolute atomic E-state index is 10.6. The summed E-state index contributed by atoms with van der Waals surface area (Å²) in [6.07, 6.45) is 0. The van der Waals surface area contributed by atoms with Gasteiger partial charge in [-0.25, -0.2) is 0 Å². The van der Waals surface area contributed by atoms with Crippen LogP contribution in [0.3, 0.4) is 0 Å². The van der Waals surface area contributed by atoms with Crippen LogP contribution < -0.4 is 4.90 Å². The third-order valence-corrected chi connectivity index (χ3v) is 3.95. The summed E-state index contributed by atoms with van der Waals surface area (Å²) in [6.45, 7) is -0.0986. The van der Waals surface area contributed by atoms with Crippen molar-refractivity contribution in [1.82, 2.24) is 10.2 Å². The zero-order valence-corrected chi connectivity index (χ0v) is 11.9. The Hall–Kier alpha value is -1.47. The Bertz CT molecular complexity index is 556. The number of rotatable bonds is 4. The Morgan fingerprint density at radius 2 is 2.28 bits per heavy atom. The Morgan fingerprint density at radius 3 is 2.78 bits per heavy atom. The lowest BCUT2D eigenvalue weighted by Gasteiger charge is -2.14. The molecular formula is C11H10BrN3O2S. The van der Waals surface area contributed by atoms with Crippen LogP contribution in [0, 0.1) is 0 Å². The number of nitrogens with zero attached hydrogens (tertiary/aromatic N) is 3. The zero-order valence-electron chi connectivity index (χ0n) is 9.50. The summed E-state index contributed by atoms with van der Waals surface area (Å²) in [7, 11) is 1.67. The maximum atomic E-state index is 10.6. The number of halogens is 1. The van der Waals surface area contributed by atoms with Gasteiger partial charge in [-0.1, -0.05) is 0 Å². The van der Waals surface area contributed by atoms with Crippen LogP contribution in [0.1, 0.15) is 0 Å². The molecule has 2 aromatic rings. The summed E-state index contributed by atoms with van der Waals surface area (Å²) in [5.41, 5.74) is 0.776. The van der Waals surface area contributed by atoms with Gasteiger partial charge in [-0.05, 0) is 34.1 Å². The molecule has 0 radical (unpaired) electrons. The van der Waals surface area contributed by atoms with Gasteiger partial charge < -0.3 is 10.0 Å². The summed E-state index contributed by atoms with van der Waals surface area (Å²) in [6, 6.07) is 5.56. The largest absolute Gasteiger partial charge is 0.480 e. The third-order valence-electron chi connectivity index (χ3n) is 2.23. The van der Waals surface area contributed by atoms with Gasteiger partial charge in [0.2, 0.25) is 0 Å². The number of carboxylic acids is 1. The quantitative estimate of drug-likeness (QED) is 0.934. The topological polar surface area (TPSA) is 66.3 Å². The molecule has 2 heterocycles. The lowest BCUT2D eigenvalue weighted by molar-refractivity contribution is -0.135. The number of likely N-dealkylation sites (N-methyl/N-ethyl adjacent to an activating group) is 1. The summed E-state index contributed by atoms with van der Waals surface area (Å²) in [4.78, 5) is 13.1. The van der Waals surface area contributed by atoms with Gasteiger partial charge in [0.05, 0.1) is 4.88 Å². The van der Waals surface area contributed by atoms with Crippen molar-refractivity contribution in [3.63, 3.8) is 0 Å². The number of carboxylic acid groups (broad SMARTS) is 1. The Labute approximate surface area is 116 Å². The molecule has 18 heavy (non-hydrogen) atoms. The molecule has 0 amide bonds. The predicted molar refractivity (Wildman–Crippen MR) is 74.0 cm³/mol. The van der Waals surface area contributed by atoms with Crippen LogP contribution in [-0.2, 0) is 4.79 Å². The molecule has 0 spiro atoms. The number of aromatic nitrogens is 2. The number of aliphatic carboxylic acids is 1. The first kappa shape index (κ1) is 13.0. The highest BCUT2D eigenvalue weighted by atomic mass is 79.9. The standard InChI is InChI=1S/C11H10BrN3O2S/c1-15(5-11(16)17)10-3-2-8(13-14-10)9-4-7(12)6-18-9/h2-4,6H,5H2,1H3,(H,16,17). The van der Waals surface area contributed by atoms with Crippen LogP contribution in [0.4, 0.5) is 5.82 Å². The molecule has 0 unspecified atom stereocenters. The molecule has 0 saturated carbocycles. The van der Waals surface area contributed by atoms with Gasteiger partial charge in [-0.3, -0.25) is 4.79 Å². The first-order chi connectivity index (χ1) is 8.56. The minimum atomic E-state index is -0.898. The molecule has 2 rings (SSSR count). The van der Waals surface area contributed by atoms with E-state index in [0.717, 1.165) is 15.0 Å². The molecule has 2 aromatic heterocycles. The molecule has 0 bridgehead atoms. The van der Waals surface area contributed by atoms with Crippen LogP contribution >= 0.6 is 27.3 Å². The fourth-order valence-electron chi connectivity index (χ4n) is 1.39. The smallest absolute Gasteiger partial charge is 0.323 e. The van der Waals surface area contributed by atoms with Gasteiger partial charge in [0.1, 0.15) is 12.2 Å². The van der Waals surface area contributed by atoms with Crippen molar-refractivity contribution >= 4 is 39.1 Å². The van der Waals surface area contributed by atoms with E-state index in [1.807, 2.05) is 17.5 Å². The number of hydrogen-bond acceptors (Lipinski definition) is 5. The van der Waals surface area contributed by atoms with Crippen molar-refractivity contribution in [3.8, 4) is 10.6 Å². The van der Waals surface area contributed by atoms with Crippen molar-refractivity contribution < 1.29 is 9.90 Å². The molecule has 0 aliphatic rings. The molecule has 0 saturated heterocycles. The Morgan fingerprint density at radius 1 is 1.50 bits per heavy atom. The number of anilines is 1. The molecule has 0 fully saturated rings. The molecule has 0 aliphatic heterocycles. The molecule has 0 atom stereocenters. The molecule has 0 aliphatic carbocycles. The summed E-state index contributed by atoms with van der Waals surface area (Å²) in [5, 5.41) is 18.8. The van der Waals surface area contributed by atoms with Gasteiger partial charge in [0.25, 0.3) is 0 Å². The predicted octanol–water partition coefficient (Wildman–Crippen LogP) is 2.49. The lowest BCUT2D eigenvalue weighted by Crippen LogP contribution is -2.26. The molecule has 0 aromatic carbocycles. The summed E-state index contributed by atoms with van der Waals surface area (Å²) >= 11 is 4.95. The highest BCUT2D eigenvalue weighted by molar-refractivity contribution is 9.10. The van der Waals surface area contributed by atoms with Crippen molar-refractivity contribution in [3.05, 3.63) is 28.1 Å². The Kier molecular flexibility index (Phi) is 3.93. The second-order valence-electron chi connectivity index (χ2n) is 3.66. The van der Waals surface area contributed by atoms with Crippen molar-refractivity contribution in [2.45, 2.75) is 0 Å². The van der Waals surface area contributed by atoms with E-state index in [2.05, 4.69) is 26.1 Å². The van der Waals surface area contributed by atoms with E-state index in [1.54, 1.807) is 24.5 Å².